The van der Waals surface area contributed by atoms with Gasteiger partial charge in [0.05, 0.1) is 0 Å². The second-order valence-electron chi connectivity index (χ2n) is 4.73. The van der Waals surface area contributed by atoms with Gasteiger partial charge in [0.1, 0.15) is 0 Å². The molecule has 0 spiro atoms. The molecule has 3 unspecified atom stereocenters. The van der Waals surface area contributed by atoms with Crippen LogP contribution in [0.4, 0.5) is 0 Å². The number of rotatable bonds is 3. The van der Waals surface area contributed by atoms with E-state index < -0.39 is 0 Å². The molecule has 0 aliphatic heterocycles. The second kappa shape index (κ2) is 5.20. The van der Waals surface area contributed by atoms with Gasteiger partial charge in [0, 0.05) is 11.1 Å². The van der Waals surface area contributed by atoms with Crippen LogP contribution in [0.15, 0.2) is 24.3 Å². The first-order valence-electron chi connectivity index (χ1n) is 6.21. The standard InChI is InChI=1S/C14H20ClN/c1-3-16-14-9-8-11(10(14)2)12-6-4-5-7-13(12)15/h4-7,10-11,14,16H,3,8-9H2,1-2H3. The summed E-state index contributed by atoms with van der Waals surface area (Å²) in [5, 5.41) is 4.50. The predicted molar refractivity (Wildman–Crippen MR) is 70.1 cm³/mol. The van der Waals surface area contributed by atoms with E-state index in [1.54, 1.807) is 0 Å². The summed E-state index contributed by atoms with van der Waals surface area (Å²) in [7, 11) is 0. The van der Waals surface area contributed by atoms with Crippen LogP contribution in [0.5, 0.6) is 0 Å². The average Bonchev–Trinajstić information content (AvgIpc) is 2.62. The molecule has 0 heterocycles. The van der Waals surface area contributed by atoms with E-state index in [9.17, 15) is 0 Å². The van der Waals surface area contributed by atoms with Crippen molar-refractivity contribution in [2.45, 2.75) is 38.6 Å². The average molecular weight is 238 g/mol. The van der Waals surface area contributed by atoms with E-state index in [4.69, 9.17) is 11.6 Å². The maximum Gasteiger partial charge on any atom is 0.0440 e. The molecule has 1 aromatic rings. The number of halogens is 1. The molecule has 0 aromatic heterocycles. The van der Waals surface area contributed by atoms with E-state index in [1.807, 2.05) is 12.1 Å². The zero-order valence-electron chi connectivity index (χ0n) is 10.0. The molecule has 0 saturated heterocycles. The first kappa shape index (κ1) is 11.9. The number of benzene rings is 1. The summed E-state index contributed by atoms with van der Waals surface area (Å²) in [6.45, 7) is 5.58. The summed E-state index contributed by atoms with van der Waals surface area (Å²) < 4.78 is 0. The molecular formula is C14H20ClN. The van der Waals surface area contributed by atoms with Gasteiger partial charge in [-0.25, -0.2) is 0 Å². The highest BCUT2D eigenvalue weighted by Crippen LogP contribution is 2.41. The minimum atomic E-state index is 0.623. The lowest BCUT2D eigenvalue weighted by Gasteiger charge is -2.22. The molecule has 1 fully saturated rings. The third-order valence-corrected chi connectivity index (χ3v) is 4.17. The first-order chi connectivity index (χ1) is 7.74. The molecule has 88 valence electrons. The molecule has 1 nitrogen and oxygen atoms in total. The molecule has 2 heteroatoms. The monoisotopic (exact) mass is 237 g/mol. The maximum absolute atomic E-state index is 6.27. The molecule has 1 aromatic carbocycles. The highest BCUT2D eigenvalue weighted by atomic mass is 35.5. The summed E-state index contributed by atoms with van der Waals surface area (Å²) in [6.07, 6.45) is 2.52. The Morgan fingerprint density at radius 2 is 2.06 bits per heavy atom. The Hall–Kier alpha value is -0.530. The molecular weight excluding hydrogens is 218 g/mol. The van der Waals surface area contributed by atoms with E-state index in [0.29, 0.717) is 17.9 Å². The third kappa shape index (κ3) is 2.26. The van der Waals surface area contributed by atoms with Crippen LogP contribution >= 0.6 is 11.6 Å². The van der Waals surface area contributed by atoms with Crippen LogP contribution < -0.4 is 5.32 Å². The van der Waals surface area contributed by atoms with Crippen LogP contribution in [0.25, 0.3) is 0 Å². The summed E-state index contributed by atoms with van der Waals surface area (Å²) in [5.41, 5.74) is 1.33. The molecule has 1 aliphatic carbocycles. The molecule has 0 radical (unpaired) electrons. The maximum atomic E-state index is 6.27. The smallest absolute Gasteiger partial charge is 0.0440 e. The quantitative estimate of drug-likeness (QED) is 0.843. The lowest BCUT2D eigenvalue weighted by molar-refractivity contribution is 0.412. The summed E-state index contributed by atoms with van der Waals surface area (Å²) in [4.78, 5) is 0. The largest absolute Gasteiger partial charge is 0.314 e. The van der Waals surface area contributed by atoms with Gasteiger partial charge >= 0.3 is 0 Å². The lowest BCUT2D eigenvalue weighted by atomic mass is 9.89. The van der Waals surface area contributed by atoms with Gasteiger partial charge in [-0.2, -0.15) is 0 Å². The fraction of sp³-hybridized carbons (Fsp3) is 0.571. The van der Waals surface area contributed by atoms with Gasteiger partial charge in [0.2, 0.25) is 0 Å². The summed E-state index contributed by atoms with van der Waals surface area (Å²) >= 11 is 6.27. The Bertz CT molecular complexity index is 350. The van der Waals surface area contributed by atoms with Gasteiger partial charge in [-0.15, -0.1) is 0 Å². The van der Waals surface area contributed by atoms with Crippen molar-refractivity contribution in [1.82, 2.24) is 5.32 Å². The van der Waals surface area contributed by atoms with Crippen LogP contribution in [-0.2, 0) is 0 Å². The molecule has 0 bridgehead atoms. The van der Waals surface area contributed by atoms with Crippen molar-refractivity contribution in [3.63, 3.8) is 0 Å². The van der Waals surface area contributed by atoms with Crippen molar-refractivity contribution < 1.29 is 0 Å². The van der Waals surface area contributed by atoms with Crippen LogP contribution in [0.2, 0.25) is 5.02 Å². The molecule has 0 amide bonds. The molecule has 1 saturated carbocycles. The Balaban J connectivity index is 2.15. The van der Waals surface area contributed by atoms with Gasteiger partial charge < -0.3 is 5.32 Å². The zero-order chi connectivity index (χ0) is 11.5. The van der Waals surface area contributed by atoms with Crippen LogP contribution in [0, 0.1) is 5.92 Å². The van der Waals surface area contributed by atoms with Gasteiger partial charge in [-0.05, 0) is 42.9 Å². The number of hydrogen-bond acceptors (Lipinski definition) is 1. The molecule has 3 atom stereocenters. The van der Waals surface area contributed by atoms with E-state index in [-0.39, 0.29) is 0 Å². The SMILES string of the molecule is CCNC1CCC(c2ccccc2Cl)C1C. The van der Waals surface area contributed by atoms with Crippen molar-refractivity contribution >= 4 is 11.6 Å². The highest BCUT2D eigenvalue weighted by Gasteiger charge is 2.33. The van der Waals surface area contributed by atoms with Gasteiger partial charge in [0.25, 0.3) is 0 Å². The first-order valence-corrected chi connectivity index (χ1v) is 6.59. The van der Waals surface area contributed by atoms with Crippen LogP contribution in [0.3, 0.4) is 0 Å². The Kier molecular flexibility index (Phi) is 3.88. The normalized spacial score (nSPS) is 29.6. The minimum absolute atomic E-state index is 0.623. The second-order valence-corrected chi connectivity index (χ2v) is 5.14. The highest BCUT2D eigenvalue weighted by molar-refractivity contribution is 6.31. The minimum Gasteiger partial charge on any atom is -0.314 e. The van der Waals surface area contributed by atoms with Gasteiger partial charge in [0.15, 0.2) is 0 Å². The van der Waals surface area contributed by atoms with E-state index in [0.717, 1.165) is 11.6 Å². The summed E-state index contributed by atoms with van der Waals surface area (Å²) in [5.74, 6) is 1.30. The van der Waals surface area contributed by atoms with Crippen molar-refractivity contribution in [3.8, 4) is 0 Å². The van der Waals surface area contributed by atoms with Gasteiger partial charge in [-0.1, -0.05) is 43.6 Å². The Morgan fingerprint density at radius 3 is 2.75 bits per heavy atom. The molecule has 1 N–H and O–H groups in total. The zero-order valence-corrected chi connectivity index (χ0v) is 10.8. The number of hydrogen-bond donors (Lipinski definition) is 1. The lowest BCUT2D eigenvalue weighted by Crippen LogP contribution is -2.32. The van der Waals surface area contributed by atoms with Crippen molar-refractivity contribution in [2.24, 2.45) is 5.92 Å². The van der Waals surface area contributed by atoms with E-state index in [1.165, 1.54) is 18.4 Å². The van der Waals surface area contributed by atoms with Crippen molar-refractivity contribution in [2.75, 3.05) is 6.54 Å². The summed E-state index contributed by atoms with van der Waals surface area (Å²) in [6, 6.07) is 8.94. The number of nitrogens with one attached hydrogen (secondary N) is 1. The van der Waals surface area contributed by atoms with Crippen molar-refractivity contribution in [1.29, 1.82) is 0 Å². The Labute approximate surface area is 103 Å². The van der Waals surface area contributed by atoms with Crippen LogP contribution in [0.1, 0.15) is 38.2 Å². The fourth-order valence-corrected chi connectivity index (χ4v) is 3.21. The van der Waals surface area contributed by atoms with Crippen molar-refractivity contribution in [3.05, 3.63) is 34.9 Å². The predicted octanol–water partition coefficient (Wildman–Crippen LogP) is 3.83. The van der Waals surface area contributed by atoms with Crippen LogP contribution in [-0.4, -0.2) is 12.6 Å². The topological polar surface area (TPSA) is 12.0 Å². The van der Waals surface area contributed by atoms with E-state index >= 15 is 0 Å². The molecule has 2 rings (SSSR count). The van der Waals surface area contributed by atoms with Gasteiger partial charge in [-0.3, -0.25) is 0 Å². The third-order valence-electron chi connectivity index (χ3n) is 3.83. The molecule has 1 aliphatic rings. The Morgan fingerprint density at radius 1 is 1.31 bits per heavy atom. The molecule has 16 heavy (non-hydrogen) atoms. The fourth-order valence-electron chi connectivity index (χ4n) is 2.93. The van der Waals surface area contributed by atoms with E-state index in [2.05, 4.69) is 31.3 Å².